The Labute approximate surface area is 132 Å². The van der Waals surface area contributed by atoms with Crippen molar-refractivity contribution in [3.05, 3.63) is 0 Å². The molecule has 3 unspecified atom stereocenters. The highest BCUT2D eigenvalue weighted by Gasteiger charge is 2.42. The largest absolute Gasteiger partial charge is 0.391 e. The van der Waals surface area contributed by atoms with Crippen LogP contribution in [0.15, 0.2) is 4.99 Å². The van der Waals surface area contributed by atoms with Gasteiger partial charge in [-0.1, -0.05) is 6.42 Å². The zero-order chi connectivity index (χ0) is 16.2. The van der Waals surface area contributed by atoms with Crippen LogP contribution in [0.2, 0.25) is 0 Å². The predicted molar refractivity (Wildman–Crippen MR) is 83.2 cm³/mol. The molecule has 0 bridgehead atoms. The molecular formula is C16H27N3O3. The number of aliphatic imine (C=N–C) groups is 1. The van der Waals surface area contributed by atoms with Crippen molar-refractivity contribution in [1.82, 2.24) is 10.2 Å². The summed E-state index contributed by atoms with van der Waals surface area (Å²) in [4.78, 5) is 28.0. The molecule has 0 aromatic heterocycles. The molecule has 0 spiro atoms. The van der Waals surface area contributed by atoms with Gasteiger partial charge in [0.2, 0.25) is 6.08 Å². The smallest absolute Gasteiger partial charge is 0.317 e. The second-order valence-corrected chi connectivity index (χ2v) is 7.13. The van der Waals surface area contributed by atoms with E-state index in [1.54, 1.807) is 11.0 Å². The minimum absolute atomic E-state index is 0.0883. The van der Waals surface area contributed by atoms with Gasteiger partial charge in [-0.15, -0.1) is 0 Å². The molecule has 0 aromatic rings. The molecule has 1 saturated heterocycles. The van der Waals surface area contributed by atoms with Crippen molar-refractivity contribution in [1.29, 1.82) is 0 Å². The number of nitrogens with one attached hydrogen (secondary N) is 1. The lowest BCUT2D eigenvalue weighted by Gasteiger charge is -2.35. The highest BCUT2D eigenvalue weighted by molar-refractivity contribution is 5.75. The normalized spacial score (nSPS) is 30.7. The van der Waals surface area contributed by atoms with Gasteiger partial charge in [0.15, 0.2) is 0 Å². The molecular weight excluding hydrogens is 282 g/mol. The predicted octanol–water partition coefficient (Wildman–Crippen LogP) is 1.68. The molecule has 2 rings (SSSR count). The van der Waals surface area contributed by atoms with Crippen molar-refractivity contribution in [2.24, 2.45) is 16.8 Å². The molecule has 2 aliphatic rings. The summed E-state index contributed by atoms with van der Waals surface area (Å²) in [5, 5.41) is 13.0. The SMILES string of the molecule is CC1(C)C(O)CCN1C(=O)NCC1CCCC(CN=C=O)C1. The number of urea groups is 1. The third-order valence-corrected chi connectivity index (χ3v) is 5.23. The molecule has 124 valence electrons. The van der Waals surface area contributed by atoms with Crippen molar-refractivity contribution in [2.45, 2.75) is 57.6 Å². The maximum atomic E-state index is 12.3. The lowest BCUT2D eigenvalue weighted by molar-refractivity contribution is 0.0691. The van der Waals surface area contributed by atoms with Crippen molar-refractivity contribution >= 4 is 12.1 Å². The fraction of sp³-hybridized carbons (Fsp3) is 0.875. The lowest BCUT2D eigenvalue weighted by Crippen LogP contribution is -2.52. The van der Waals surface area contributed by atoms with Crippen molar-refractivity contribution in [3.8, 4) is 0 Å². The maximum absolute atomic E-state index is 12.3. The van der Waals surface area contributed by atoms with E-state index in [9.17, 15) is 14.7 Å². The van der Waals surface area contributed by atoms with Crippen LogP contribution in [0.25, 0.3) is 0 Å². The molecule has 3 atom stereocenters. The second-order valence-electron chi connectivity index (χ2n) is 7.13. The van der Waals surface area contributed by atoms with Crippen LogP contribution < -0.4 is 5.32 Å². The van der Waals surface area contributed by atoms with Crippen LogP contribution in [0.3, 0.4) is 0 Å². The van der Waals surface area contributed by atoms with Gasteiger partial charge >= 0.3 is 6.03 Å². The third-order valence-electron chi connectivity index (χ3n) is 5.23. The highest BCUT2D eigenvalue weighted by atomic mass is 16.3. The van der Waals surface area contributed by atoms with Crippen LogP contribution in [-0.2, 0) is 4.79 Å². The zero-order valence-electron chi connectivity index (χ0n) is 13.5. The van der Waals surface area contributed by atoms with Crippen LogP contribution in [0.4, 0.5) is 4.79 Å². The number of amides is 2. The fourth-order valence-electron chi connectivity index (χ4n) is 3.68. The molecule has 1 heterocycles. The summed E-state index contributed by atoms with van der Waals surface area (Å²) in [7, 11) is 0. The molecule has 1 aliphatic carbocycles. The summed E-state index contributed by atoms with van der Waals surface area (Å²) in [6.07, 6.45) is 6.10. The Morgan fingerprint density at radius 3 is 2.73 bits per heavy atom. The molecule has 6 nitrogen and oxygen atoms in total. The second kappa shape index (κ2) is 7.25. The average molecular weight is 309 g/mol. The Bertz CT molecular complexity index is 446. The number of rotatable bonds is 4. The number of aliphatic hydroxyl groups excluding tert-OH is 1. The molecule has 2 amide bonds. The third kappa shape index (κ3) is 3.87. The van der Waals surface area contributed by atoms with Crippen LogP contribution in [0.1, 0.15) is 46.0 Å². The Balaban J connectivity index is 1.80. The van der Waals surface area contributed by atoms with E-state index in [1.165, 1.54) is 0 Å². The van der Waals surface area contributed by atoms with Gasteiger partial charge in [-0.3, -0.25) is 0 Å². The first-order valence-electron chi connectivity index (χ1n) is 8.22. The first-order chi connectivity index (χ1) is 10.4. The van der Waals surface area contributed by atoms with E-state index in [0.29, 0.717) is 37.9 Å². The first-order valence-corrected chi connectivity index (χ1v) is 8.22. The van der Waals surface area contributed by atoms with Gasteiger partial charge in [0.1, 0.15) is 0 Å². The minimum Gasteiger partial charge on any atom is -0.391 e. The Morgan fingerprint density at radius 2 is 2.09 bits per heavy atom. The van der Waals surface area contributed by atoms with E-state index in [4.69, 9.17) is 0 Å². The van der Waals surface area contributed by atoms with Gasteiger partial charge in [-0.25, -0.2) is 14.6 Å². The molecule has 1 saturated carbocycles. The molecule has 6 heteroatoms. The fourth-order valence-corrected chi connectivity index (χ4v) is 3.68. The number of isocyanates is 1. The summed E-state index contributed by atoms with van der Waals surface area (Å²) < 4.78 is 0. The van der Waals surface area contributed by atoms with Crippen LogP contribution in [0.5, 0.6) is 0 Å². The van der Waals surface area contributed by atoms with E-state index >= 15 is 0 Å². The maximum Gasteiger partial charge on any atom is 0.317 e. The van der Waals surface area contributed by atoms with E-state index in [1.807, 2.05) is 13.8 Å². The highest BCUT2D eigenvalue weighted by Crippen LogP contribution is 2.30. The van der Waals surface area contributed by atoms with Crippen LogP contribution in [0, 0.1) is 11.8 Å². The van der Waals surface area contributed by atoms with Crippen LogP contribution >= 0.6 is 0 Å². The number of hydrogen-bond donors (Lipinski definition) is 2. The van der Waals surface area contributed by atoms with Gasteiger partial charge in [0.25, 0.3) is 0 Å². The number of likely N-dealkylation sites (tertiary alicyclic amines) is 1. The molecule has 0 radical (unpaired) electrons. The molecule has 22 heavy (non-hydrogen) atoms. The number of carbonyl (C=O) groups excluding carboxylic acids is 2. The minimum atomic E-state index is -0.502. The van der Waals surface area contributed by atoms with Gasteiger partial charge in [0.05, 0.1) is 18.2 Å². The standard InChI is InChI=1S/C16H27N3O3/c1-16(2)14(21)6-7-19(16)15(22)18-10-13-5-3-4-12(8-13)9-17-11-20/h12-14,21H,3-10H2,1-2H3,(H,18,22). The molecule has 0 aromatic carbocycles. The van der Waals surface area contributed by atoms with E-state index in [0.717, 1.165) is 25.7 Å². The number of nitrogens with zero attached hydrogens (tertiary/aromatic N) is 2. The van der Waals surface area contributed by atoms with Crippen LogP contribution in [-0.4, -0.2) is 53.4 Å². The topological polar surface area (TPSA) is 82.0 Å². The molecule has 2 fully saturated rings. The summed E-state index contributed by atoms with van der Waals surface area (Å²) in [5.41, 5.74) is -0.502. The quantitative estimate of drug-likeness (QED) is 0.612. The molecule has 2 N–H and O–H groups in total. The Kier molecular flexibility index (Phi) is 5.59. The van der Waals surface area contributed by atoms with Crippen molar-refractivity contribution < 1.29 is 14.7 Å². The van der Waals surface area contributed by atoms with E-state index in [2.05, 4.69) is 10.3 Å². The van der Waals surface area contributed by atoms with E-state index in [-0.39, 0.29) is 6.03 Å². The Hall–Kier alpha value is -1.39. The van der Waals surface area contributed by atoms with Gasteiger partial charge in [-0.2, -0.15) is 0 Å². The Morgan fingerprint density at radius 1 is 1.36 bits per heavy atom. The molecule has 1 aliphatic heterocycles. The first kappa shape index (κ1) is 17.0. The summed E-state index contributed by atoms with van der Waals surface area (Å²) in [6.45, 7) is 5.61. The zero-order valence-corrected chi connectivity index (χ0v) is 13.5. The van der Waals surface area contributed by atoms with Gasteiger partial charge < -0.3 is 15.3 Å². The monoisotopic (exact) mass is 309 g/mol. The number of aliphatic hydroxyl groups is 1. The lowest BCUT2D eigenvalue weighted by atomic mass is 9.81. The summed E-state index contributed by atoms with van der Waals surface area (Å²) in [5.74, 6) is 0.877. The average Bonchev–Trinajstić information content (AvgIpc) is 2.77. The van der Waals surface area contributed by atoms with Gasteiger partial charge in [0, 0.05) is 13.1 Å². The van der Waals surface area contributed by atoms with E-state index < -0.39 is 11.6 Å². The summed E-state index contributed by atoms with van der Waals surface area (Å²) in [6, 6.07) is -0.0883. The summed E-state index contributed by atoms with van der Waals surface area (Å²) >= 11 is 0. The number of carbonyl (C=O) groups is 1. The number of hydrogen-bond acceptors (Lipinski definition) is 4. The van der Waals surface area contributed by atoms with Crippen molar-refractivity contribution in [2.75, 3.05) is 19.6 Å². The van der Waals surface area contributed by atoms with Gasteiger partial charge in [-0.05, 0) is 51.4 Å². The van der Waals surface area contributed by atoms with Crippen molar-refractivity contribution in [3.63, 3.8) is 0 Å².